The second-order valence-electron chi connectivity index (χ2n) is 15.6. The molecular weight excluding hydrogens is 641 g/mol. The lowest BCUT2D eigenvalue weighted by Gasteiger charge is -2.22. The fourth-order valence-corrected chi connectivity index (χ4v) is 7.04. The van der Waals surface area contributed by atoms with Gasteiger partial charge in [-0.15, -0.1) is 0 Å². The van der Waals surface area contributed by atoms with Crippen LogP contribution in [0.1, 0.15) is 95.4 Å². The average molecular weight is 697 g/mol. The first kappa shape index (κ1) is 38.4. The van der Waals surface area contributed by atoms with E-state index in [1.807, 2.05) is 12.4 Å². The third-order valence-electron chi connectivity index (χ3n) is 10.1. The molecule has 0 radical (unpaired) electrons. The van der Waals surface area contributed by atoms with Crippen LogP contribution in [0.5, 0.6) is 0 Å². The van der Waals surface area contributed by atoms with E-state index in [9.17, 15) is 0 Å². The Morgan fingerprint density at radius 3 is 1.10 bits per heavy atom. The molecule has 2 aliphatic rings. The molecule has 272 valence electrons. The van der Waals surface area contributed by atoms with Crippen molar-refractivity contribution in [3.8, 4) is 0 Å². The summed E-state index contributed by atoms with van der Waals surface area (Å²) in [5, 5.41) is 0. The van der Waals surface area contributed by atoms with Crippen LogP contribution in [-0.2, 0) is 9.47 Å². The van der Waals surface area contributed by atoms with Gasteiger partial charge >= 0.3 is 0 Å². The van der Waals surface area contributed by atoms with E-state index in [-0.39, 0.29) is 17.5 Å². The van der Waals surface area contributed by atoms with Gasteiger partial charge in [-0.05, 0) is 139 Å². The van der Waals surface area contributed by atoms with Crippen molar-refractivity contribution in [3.63, 3.8) is 0 Å². The van der Waals surface area contributed by atoms with Crippen LogP contribution < -0.4 is 0 Å². The summed E-state index contributed by atoms with van der Waals surface area (Å²) in [6.45, 7) is 26.5. The second kappa shape index (κ2) is 15.8. The quantitative estimate of drug-likeness (QED) is 0.172. The standard InChI is InChI=1S/C25H30N2O2.C21H26N2/c1-15-9-7-10-16(2)21(15)19-13-28-23(26-19)25(5,6)24-27-20(14-29-24)22-17(3)11-8-12-18(22)4;1-15-9-7-10-16(2)19(15)22-13-21(5,6)14-23-20-17(3)11-8-12-18(20)4/h7-12,19-20H,13-14H2,1-6H3;7-14H,1-6H3. The first-order valence-electron chi connectivity index (χ1n) is 18.4. The first-order chi connectivity index (χ1) is 24.6. The van der Waals surface area contributed by atoms with Crippen LogP contribution in [0.4, 0.5) is 11.4 Å². The molecule has 6 nitrogen and oxygen atoms in total. The van der Waals surface area contributed by atoms with Crippen molar-refractivity contribution in [1.82, 2.24) is 0 Å². The molecule has 4 aromatic rings. The highest BCUT2D eigenvalue weighted by Gasteiger charge is 2.42. The van der Waals surface area contributed by atoms with Crippen molar-refractivity contribution in [1.29, 1.82) is 0 Å². The molecule has 6 rings (SSSR count). The predicted octanol–water partition coefficient (Wildman–Crippen LogP) is 11.6. The highest BCUT2D eigenvalue weighted by atomic mass is 16.5. The molecule has 0 N–H and O–H groups in total. The lowest BCUT2D eigenvalue weighted by Crippen LogP contribution is -2.34. The molecule has 0 spiro atoms. The molecule has 0 fully saturated rings. The zero-order chi connectivity index (χ0) is 37.8. The summed E-state index contributed by atoms with van der Waals surface area (Å²) >= 11 is 0. The molecule has 0 aromatic heterocycles. The van der Waals surface area contributed by atoms with Gasteiger partial charge in [0.1, 0.15) is 30.7 Å². The van der Waals surface area contributed by atoms with E-state index in [1.165, 1.54) is 55.6 Å². The monoisotopic (exact) mass is 696 g/mol. The molecule has 2 aliphatic heterocycles. The number of benzene rings is 4. The number of nitrogens with zero attached hydrogens (tertiary/aromatic N) is 4. The molecule has 0 amide bonds. The van der Waals surface area contributed by atoms with Gasteiger partial charge in [0, 0.05) is 17.8 Å². The maximum atomic E-state index is 6.08. The highest BCUT2D eigenvalue weighted by Crippen LogP contribution is 2.38. The Balaban J connectivity index is 0.000000207. The van der Waals surface area contributed by atoms with E-state index in [0.29, 0.717) is 25.0 Å². The van der Waals surface area contributed by atoms with Crippen molar-refractivity contribution in [3.05, 3.63) is 128 Å². The first-order valence-corrected chi connectivity index (χ1v) is 18.4. The van der Waals surface area contributed by atoms with Crippen LogP contribution in [0.15, 0.2) is 92.8 Å². The normalized spacial score (nSPS) is 17.5. The van der Waals surface area contributed by atoms with Crippen molar-refractivity contribution >= 4 is 35.6 Å². The van der Waals surface area contributed by atoms with Gasteiger partial charge in [0.05, 0.1) is 11.4 Å². The molecule has 0 saturated carbocycles. The average Bonchev–Trinajstić information content (AvgIpc) is 3.77. The third-order valence-corrected chi connectivity index (χ3v) is 10.1. The summed E-state index contributed by atoms with van der Waals surface area (Å²) in [7, 11) is 0. The fourth-order valence-electron chi connectivity index (χ4n) is 7.04. The van der Waals surface area contributed by atoms with Gasteiger partial charge in [-0.25, -0.2) is 9.98 Å². The fraction of sp³-hybridized carbons (Fsp3) is 0.391. The number of aliphatic imine (C=N–C) groups is 4. The second-order valence-corrected chi connectivity index (χ2v) is 15.6. The number of hydrogen-bond acceptors (Lipinski definition) is 6. The number of rotatable bonds is 8. The number of para-hydroxylation sites is 2. The SMILES string of the molecule is Cc1cccc(C)c1C1COC(C(C)(C)C2=NC(c3c(C)cccc3C)CO2)=N1.Cc1cccc(C)c1N=CC(C)(C)C=Nc1c(C)cccc1C. The summed E-state index contributed by atoms with van der Waals surface area (Å²) < 4.78 is 12.2. The van der Waals surface area contributed by atoms with Crippen LogP contribution in [0, 0.1) is 66.2 Å². The molecule has 2 unspecified atom stereocenters. The molecule has 2 heterocycles. The Labute approximate surface area is 311 Å². The summed E-state index contributed by atoms with van der Waals surface area (Å²) in [5.41, 5.74) is 13.8. The lowest BCUT2D eigenvalue weighted by molar-refractivity contribution is 0.264. The van der Waals surface area contributed by atoms with Crippen LogP contribution in [0.25, 0.3) is 0 Å². The van der Waals surface area contributed by atoms with E-state index < -0.39 is 5.41 Å². The van der Waals surface area contributed by atoms with Gasteiger partial charge in [0.2, 0.25) is 0 Å². The number of hydrogen-bond donors (Lipinski definition) is 0. The third kappa shape index (κ3) is 8.61. The Morgan fingerprint density at radius 2 is 0.788 bits per heavy atom. The van der Waals surface area contributed by atoms with Crippen molar-refractivity contribution < 1.29 is 9.47 Å². The van der Waals surface area contributed by atoms with Crippen molar-refractivity contribution in [2.75, 3.05) is 13.2 Å². The predicted molar refractivity (Wildman–Crippen MR) is 220 cm³/mol. The molecule has 4 aromatic carbocycles. The van der Waals surface area contributed by atoms with Crippen molar-refractivity contribution in [2.24, 2.45) is 30.8 Å². The molecule has 6 heteroatoms. The molecule has 0 saturated heterocycles. The summed E-state index contributed by atoms with van der Waals surface area (Å²) in [4.78, 5) is 19.4. The summed E-state index contributed by atoms with van der Waals surface area (Å²) in [5.74, 6) is 1.43. The van der Waals surface area contributed by atoms with Gasteiger partial charge in [-0.1, -0.05) is 72.8 Å². The van der Waals surface area contributed by atoms with Crippen LogP contribution in [0.3, 0.4) is 0 Å². The van der Waals surface area contributed by atoms with Crippen molar-refractivity contribution in [2.45, 2.75) is 95.2 Å². The summed E-state index contributed by atoms with van der Waals surface area (Å²) in [6.07, 6.45) is 3.97. The van der Waals surface area contributed by atoms with E-state index >= 15 is 0 Å². The van der Waals surface area contributed by atoms with E-state index in [4.69, 9.17) is 29.4 Å². The topological polar surface area (TPSA) is 67.9 Å². The molecule has 0 bridgehead atoms. The van der Waals surface area contributed by atoms with E-state index in [0.717, 1.165) is 11.4 Å². The lowest BCUT2D eigenvalue weighted by atomic mass is 9.92. The Hall–Kier alpha value is -4.84. The van der Waals surface area contributed by atoms with E-state index in [1.54, 1.807) is 0 Å². The zero-order valence-corrected chi connectivity index (χ0v) is 33.3. The zero-order valence-electron chi connectivity index (χ0n) is 33.3. The van der Waals surface area contributed by atoms with Crippen LogP contribution >= 0.6 is 0 Å². The van der Waals surface area contributed by atoms with Gasteiger partial charge in [0.25, 0.3) is 0 Å². The van der Waals surface area contributed by atoms with Gasteiger partial charge in [-0.2, -0.15) is 0 Å². The largest absolute Gasteiger partial charge is 0.478 e. The Bertz CT molecular complexity index is 1830. The van der Waals surface area contributed by atoms with E-state index in [2.05, 4.69) is 156 Å². The Morgan fingerprint density at radius 1 is 0.500 bits per heavy atom. The smallest absolute Gasteiger partial charge is 0.199 e. The summed E-state index contributed by atoms with van der Waals surface area (Å²) in [6, 6.07) is 25.3. The molecule has 2 atom stereocenters. The number of ether oxygens (including phenoxy) is 2. The maximum absolute atomic E-state index is 6.08. The van der Waals surface area contributed by atoms with Gasteiger partial charge < -0.3 is 9.47 Å². The van der Waals surface area contributed by atoms with Gasteiger partial charge in [-0.3, -0.25) is 9.98 Å². The number of aryl methyl sites for hydroxylation is 8. The molecule has 0 aliphatic carbocycles. The maximum Gasteiger partial charge on any atom is 0.199 e. The molecular formula is C46H56N4O2. The molecule has 52 heavy (non-hydrogen) atoms. The van der Waals surface area contributed by atoms with Crippen LogP contribution in [0.2, 0.25) is 0 Å². The Kier molecular flexibility index (Phi) is 11.7. The van der Waals surface area contributed by atoms with Crippen LogP contribution in [-0.4, -0.2) is 37.4 Å². The minimum Gasteiger partial charge on any atom is -0.478 e. The highest BCUT2D eigenvalue weighted by molar-refractivity contribution is 6.05. The minimum atomic E-state index is -0.489. The minimum absolute atomic E-state index is 0.0295. The van der Waals surface area contributed by atoms with Gasteiger partial charge in [0.15, 0.2) is 11.8 Å².